The lowest BCUT2D eigenvalue weighted by Gasteiger charge is -2.32. The first-order valence-electron chi connectivity index (χ1n) is 10.9. The molecule has 10 heteroatoms. The first kappa shape index (κ1) is 24.8. The van der Waals surface area contributed by atoms with Crippen LogP contribution in [0, 0.1) is 5.92 Å². The maximum absolute atomic E-state index is 13.0. The number of aliphatic hydroxyl groups excluding tert-OH is 1. The van der Waals surface area contributed by atoms with Gasteiger partial charge in [-0.15, -0.1) is 0 Å². The average Bonchev–Trinajstić information content (AvgIpc) is 3.17. The lowest BCUT2D eigenvalue weighted by molar-refractivity contribution is -0.221. The standard InChI is InChI=1S/C23H30F3N5O2/c1-22(2,21(33)23(24,25)26)15-8-10-16(11-9-15)29-20-17(19(27)32)13-31(30-20)18-7-5-4-6-14(18)12-28-3/h8-14,18,21,33H,4-7H2,1-3H3,(H2,27,32)(H,29,30)/t14-,18+,21+/m1/s1. The monoisotopic (exact) mass is 465 g/mol. The maximum atomic E-state index is 13.0. The van der Waals surface area contributed by atoms with E-state index in [2.05, 4.69) is 15.4 Å². The Kier molecular flexibility index (Phi) is 7.16. The molecule has 0 unspecified atom stereocenters. The van der Waals surface area contributed by atoms with E-state index in [1.165, 1.54) is 26.0 Å². The SMILES string of the molecule is CN=C[C@H]1CCCC[C@@H]1n1cc(C(N)=O)c(Nc2ccc(C(C)(C)[C@H](O)C(F)(F)F)cc2)n1. The number of carbonyl (C=O) groups is 1. The molecule has 1 aromatic heterocycles. The maximum Gasteiger partial charge on any atom is 0.415 e. The highest BCUT2D eigenvalue weighted by atomic mass is 19.4. The lowest BCUT2D eigenvalue weighted by Crippen LogP contribution is -2.44. The van der Waals surface area contributed by atoms with E-state index in [-0.39, 0.29) is 23.3 Å². The molecule has 1 aromatic carbocycles. The second-order valence-corrected chi connectivity index (χ2v) is 9.03. The van der Waals surface area contributed by atoms with Crippen LogP contribution in [0.3, 0.4) is 0 Å². The van der Waals surface area contributed by atoms with E-state index in [9.17, 15) is 23.1 Å². The van der Waals surface area contributed by atoms with Gasteiger partial charge in [0.15, 0.2) is 11.9 Å². The average molecular weight is 466 g/mol. The molecule has 1 amide bonds. The fourth-order valence-electron chi connectivity index (χ4n) is 4.35. The lowest BCUT2D eigenvalue weighted by atomic mass is 9.79. The normalized spacial score (nSPS) is 20.7. The van der Waals surface area contributed by atoms with Crippen LogP contribution in [0.1, 0.15) is 61.5 Å². The number of hydrogen-bond donors (Lipinski definition) is 3. The van der Waals surface area contributed by atoms with Crippen LogP contribution in [0.2, 0.25) is 0 Å². The van der Waals surface area contributed by atoms with Crippen molar-refractivity contribution in [3.8, 4) is 0 Å². The second kappa shape index (κ2) is 9.54. The number of halogens is 3. The molecule has 3 rings (SSSR count). The van der Waals surface area contributed by atoms with Crippen LogP contribution >= 0.6 is 0 Å². The molecule has 3 atom stereocenters. The van der Waals surface area contributed by atoms with Gasteiger partial charge in [0.1, 0.15) is 5.56 Å². The van der Waals surface area contributed by atoms with E-state index in [1.54, 1.807) is 30.1 Å². The number of alkyl halides is 3. The molecule has 1 saturated carbocycles. The molecule has 1 heterocycles. The number of aromatic nitrogens is 2. The van der Waals surface area contributed by atoms with Crippen LogP contribution in [0.25, 0.3) is 0 Å². The molecular weight excluding hydrogens is 435 g/mol. The zero-order valence-electron chi connectivity index (χ0n) is 18.9. The number of anilines is 2. The minimum atomic E-state index is -4.73. The van der Waals surface area contributed by atoms with E-state index in [1.807, 2.05) is 6.21 Å². The third kappa shape index (κ3) is 5.38. The molecule has 33 heavy (non-hydrogen) atoms. The first-order valence-corrected chi connectivity index (χ1v) is 10.9. The third-order valence-electron chi connectivity index (χ3n) is 6.34. The van der Waals surface area contributed by atoms with Crippen LogP contribution < -0.4 is 11.1 Å². The Labute approximate surface area is 190 Å². The van der Waals surface area contributed by atoms with Gasteiger partial charge in [0.25, 0.3) is 5.91 Å². The Morgan fingerprint density at radius 3 is 2.48 bits per heavy atom. The molecule has 0 bridgehead atoms. The zero-order valence-corrected chi connectivity index (χ0v) is 18.9. The molecule has 7 nitrogen and oxygen atoms in total. The number of nitrogens with zero attached hydrogens (tertiary/aromatic N) is 3. The van der Waals surface area contributed by atoms with Gasteiger partial charge in [-0.05, 0) is 30.5 Å². The van der Waals surface area contributed by atoms with Gasteiger partial charge < -0.3 is 21.1 Å². The van der Waals surface area contributed by atoms with Crippen LogP contribution in [0.15, 0.2) is 35.5 Å². The summed E-state index contributed by atoms with van der Waals surface area (Å²) in [5.41, 5.74) is 5.11. The summed E-state index contributed by atoms with van der Waals surface area (Å²) in [6.07, 6.45) is 0.354. The van der Waals surface area contributed by atoms with E-state index >= 15 is 0 Å². The van der Waals surface area contributed by atoms with Gasteiger partial charge >= 0.3 is 6.18 Å². The number of aliphatic imine (C=N–C) groups is 1. The predicted molar refractivity (Wildman–Crippen MR) is 121 cm³/mol. The number of nitrogens with one attached hydrogen (secondary N) is 1. The molecular formula is C23H30F3N5O2. The predicted octanol–water partition coefficient (Wildman–Crippen LogP) is 4.36. The molecule has 0 aliphatic heterocycles. The van der Waals surface area contributed by atoms with Gasteiger partial charge in [0, 0.05) is 36.5 Å². The van der Waals surface area contributed by atoms with Crippen molar-refractivity contribution >= 4 is 23.6 Å². The molecule has 2 aromatic rings. The van der Waals surface area contributed by atoms with Gasteiger partial charge in [0.2, 0.25) is 0 Å². The summed E-state index contributed by atoms with van der Waals surface area (Å²) >= 11 is 0. The Bertz CT molecular complexity index is 999. The summed E-state index contributed by atoms with van der Waals surface area (Å²) in [5.74, 6) is -0.146. The fraction of sp³-hybridized carbons (Fsp3) is 0.522. The Morgan fingerprint density at radius 1 is 1.27 bits per heavy atom. The van der Waals surface area contributed by atoms with Crippen molar-refractivity contribution in [3.63, 3.8) is 0 Å². The van der Waals surface area contributed by atoms with Gasteiger partial charge in [-0.3, -0.25) is 9.48 Å². The van der Waals surface area contributed by atoms with Crippen molar-refractivity contribution in [2.45, 2.75) is 63.3 Å². The van der Waals surface area contributed by atoms with Crippen molar-refractivity contribution in [3.05, 3.63) is 41.6 Å². The minimum Gasteiger partial charge on any atom is -0.383 e. The number of amides is 1. The van der Waals surface area contributed by atoms with Gasteiger partial charge in [-0.25, -0.2) is 0 Å². The van der Waals surface area contributed by atoms with Gasteiger partial charge in [0.05, 0.1) is 6.04 Å². The van der Waals surface area contributed by atoms with Crippen molar-refractivity contribution in [2.24, 2.45) is 16.6 Å². The number of carbonyl (C=O) groups excluding carboxylic acids is 1. The number of rotatable bonds is 7. The number of nitrogens with two attached hydrogens (primary N) is 1. The molecule has 0 radical (unpaired) electrons. The highest BCUT2D eigenvalue weighted by Gasteiger charge is 2.48. The van der Waals surface area contributed by atoms with Gasteiger partial charge in [-0.1, -0.05) is 38.8 Å². The Morgan fingerprint density at radius 2 is 1.91 bits per heavy atom. The topological polar surface area (TPSA) is 106 Å². The number of benzene rings is 1. The fourth-order valence-corrected chi connectivity index (χ4v) is 4.35. The number of hydrogen-bond acceptors (Lipinski definition) is 5. The van der Waals surface area contributed by atoms with Gasteiger partial charge in [-0.2, -0.15) is 18.3 Å². The van der Waals surface area contributed by atoms with Crippen LogP contribution in [0.5, 0.6) is 0 Å². The van der Waals surface area contributed by atoms with E-state index in [4.69, 9.17) is 5.73 Å². The minimum absolute atomic E-state index is 0.0585. The van der Waals surface area contributed by atoms with Crippen LogP contribution in [-0.2, 0) is 5.41 Å². The van der Waals surface area contributed by atoms with Crippen molar-refractivity contribution in [2.75, 3.05) is 12.4 Å². The van der Waals surface area contributed by atoms with E-state index in [0.29, 0.717) is 11.3 Å². The molecule has 1 fully saturated rings. The number of primary amides is 1. The summed E-state index contributed by atoms with van der Waals surface area (Å²) in [6, 6.07) is 6.23. The van der Waals surface area contributed by atoms with Crippen LogP contribution in [-0.4, -0.2) is 46.3 Å². The largest absolute Gasteiger partial charge is 0.415 e. The molecule has 1 aliphatic rings. The summed E-state index contributed by atoms with van der Waals surface area (Å²) in [6.45, 7) is 2.67. The smallest absolute Gasteiger partial charge is 0.383 e. The van der Waals surface area contributed by atoms with E-state index in [0.717, 1.165) is 25.7 Å². The first-order chi connectivity index (χ1) is 15.4. The summed E-state index contributed by atoms with van der Waals surface area (Å²) in [5, 5.41) is 17.4. The van der Waals surface area contributed by atoms with Crippen molar-refractivity contribution in [1.82, 2.24) is 9.78 Å². The molecule has 0 spiro atoms. The molecule has 0 saturated heterocycles. The molecule has 180 valence electrons. The summed E-state index contributed by atoms with van der Waals surface area (Å²) < 4.78 is 40.8. The summed E-state index contributed by atoms with van der Waals surface area (Å²) in [4.78, 5) is 16.2. The quantitative estimate of drug-likeness (QED) is 0.529. The van der Waals surface area contributed by atoms with Crippen LogP contribution in [0.4, 0.5) is 24.7 Å². The van der Waals surface area contributed by atoms with Crippen molar-refractivity contribution in [1.29, 1.82) is 0 Å². The highest BCUT2D eigenvalue weighted by Crippen LogP contribution is 2.37. The molecule has 4 N–H and O–H groups in total. The highest BCUT2D eigenvalue weighted by molar-refractivity contribution is 5.98. The Balaban J connectivity index is 1.85. The summed E-state index contributed by atoms with van der Waals surface area (Å²) in [7, 11) is 1.73. The molecule has 1 aliphatic carbocycles. The third-order valence-corrected chi connectivity index (χ3v) is 6.34. The van der Waals surface area contributed by atoms with Crippen molar-refractivity contribution < 1.29 is 23.1 Å². The second-order valence-electron chi connectivity index (χ2n) is 9.03. The Hall–Kier alpha value is -2.88. The zero-order chi connectivity index (χ0) is 24.4. The van der Waals surface area contributed by atoms with E-state index < -0.39 is 23.6 Å². The number of aliphatic hydroxyl groups is 1.